The number of carbonyl (C=O) groups is 2. The zero-order valence-electron chi connectivity index (χ0n) is 10.7. The Morgan fingerprint density at radius 3 is 2.33 bits per heavy atom. The molecule has 0 spiro atoms. The number of carbonyl (C=O) groups excluding carboxylic acids is 2. The van der Waals surface area contributed by atoms with Gasteiger partial charge >= 0.3 is 0 Å². The van der Waals surface area contributed by atoms with Gasteiger partial charge in [0.15, 0.2) is 0 Å². The predicted octanol–water partition coefficient (Wildman–Crippen LogP) is 1.64. The maximum absolute atomic E-state index is 11.7. The molecule has 0 saturated carbocycles. The molecular formula is C14H19NO3. The highest BCUT2D eigenvalue weighted by Crippen LogP contribution is 2.10. The lowest BCUT2D eigenvalue weighted by Gasteiger charge is -2.14. The molecule has 4 heteroatoms. The molecule has 1 heterocycles. The Hall–Kier alpha value is -1.84. The van der Waals surface area contributed by atoms with Crippen molar-refractivity contribution in [3.63, 3.8) is 0 Å². The van der Waals surface area contributed by atoms with E-state index in [-0.39, 0.29) is 5.91 Å². The zero-order valence-corrected chi connectivity index (χ0v) is 10.7. The summed E-state index contributed by atoms with van der Waals surface area (Å²) in [6, 6.07) is 9.95. The molecule has 0 bridgehead atoms. The van der Waals surface area contributed by atoms with E-state index in [0.717, 1.165) is 18.7 Å². The van der Waals surface area contributed by atoms with Crippen LogP contribution in [0.3, 0.4) is 0 Å². The van der Waals surface area contributed by atoms with E-state index in [9.17, 15) is 4.79 Å². The lowest BCUT2D eigenvalue weighted by molar-refractivity contribution is -0.129. The molecule has 1 aliphatic heterocycles. The minimum absolute atomic E-state index is 0.272. The van der Waals surface area contributed by atoms with E-state index in [2.05, 4.69) is 4.74 Å². The highest BCUT2D eigenvalue weighted by Gasteiger charge is 2.17. The van der Waals surface area contributed by atoms with Gasteiger partial charge in [-0.15, -0.1) is 0 Å². The first-order valence-corrected chi connectivity index (χ1v) is 6.06. The number of nitrogens with zero attached hydrogens (tertiary/aromatic N) is 1. The molecule has 0 unspecified atom stereocenters. The molecule has 0 atom stereocenters. The highest BCUT2D eigenvalue weighted by molar-refractivity contribution is 5.78. The number of rotatable bonds is 3. The summed E-state index contributed by atoms with van der Waals surface area (Å²) >= 11 is 0. The number of amides is 1. The van der Waals surface area contributed by atoms with E-state index in [1.807, 2.05) is 35.2 Å². The molecule has 0 aromatic heterocycles. The van der Waals surface area contributed by atoms with E-state index >= 15 is 0 Å². The summed E-state index contributed by atoms with van der Waals surface area (Å²) in [5.74, 6) is 0.272. The summed E-state index contributed by atoms with van der Waals surface area (Å²) in [6.45, 7) is 2.28. The lowest BCUT2D eigenvalue weighted by atomic mass is 10.1. The number of hydrogen-bond acceptors (Lipinski definition) is 3. The van der Waals surface area contributed by atoms with Crippen LogP contribution in [-0.4, -0.2) is 37.5 Å². The van der Waals surface area contributed by atoms with Gasteiger partial charge < -0.3 is 9.64 Å². The van der Waals surface area contributed by atoms with Crippen LogP contribution in [0.4, 0.5) is 0 Å². The van der Waals surface area contributed by atoms with Crippen LogP contribution in [-0.2, 0) is 20.7 Å². The normalized spacial score (nSPS) is 13.5. The zero-order chi connectivity index (χ0) is 13.2. The highest BCUT2D eigenvalue weighted by atomic mass is 16.5. The Labute approximate surface area is 108 Å². The van der Waals surface area contributed by atoms with Gasteiger partial charge in [-0.3, -0.25) is 9.59 Å². The molecule has 1 aliphatic rings. The van der Waals surface area contributed by atoms with Crippen LogP contribution >= 0.6 is 0 Å². The van der Waals surface area contributed by atoms with Crippen molar-refractivity contribution in [3.8, 4) is 0 Å². The molecule has 1 saturated heterocycles. The van der Waals surface area contributed by atoms with Gasteiger partial charge in [-0.1, -0.05) is 30.3 Å². The van der Waals surface area contributed by atoms with Crippen LogP contribution in [0.1, 0.15) is 18.4 Å². The quantitative estimate of drug-likeness (QED) is 0.765. The minimum atomic E-state index is 0.272. The van der Waals surface area contributed by atoms with Crippen molar-refractivity contribution in [2.75, 3.05) is 20.2 Å². The van der Waals surface area contributed by atoms with Crippen LogP contribution in [0.15, 0.2) is 30.3 Å². The van der Waals surface area contributed by atoms with Crippen LogP contribution in [0, 0.1) is 0 Å². The van der Waals surface area contributed by atoms with Crippen LogP contribution < -0.4 is 0 Å². The maximum atomic E-state index is 11.7. The number of hydrogen-bond donors (Lipinski definition) is 0. The van der Waals surface area contributed by atoms with Crippen molar-refractivity contribution >= 4 is 12.4 Å². The van der Waals surface area contributed by atoms with Gasteiger partial charge in [0, 0.05) is 13.1 Å². The maximum Gasteiger partial charge on any atom is 0.292 e. The minimum Gasteiger partial charge on any atom is -0.471 e. The Morgan fingerprint density at radius 1 is 1.28 bits per heavy atom. The van der Waals surface area contributed by atoms with Crippen LogP contribution in [0.25, 0.3) is 0 Å². The summed E-state index contributed by atoms with van der Waals surface area (Å²) in [7, 11) is 1.31. The summed E-state index contributed by atoms with van der Waals surface area (Å²) in [5.41, 5.74) is 1.12. The standard InChI is InChI=1S/C12H15NO.C2H4O2/c14-12(13-8-4-5-9-13)10-11-6-2-1-3-7-11;1-4-2-3/h1-3,6-7H,4-5,8-10H2;2H,1H3. The summed E-state index contributed by atoms with van der Waals surface area (Å²) in [5, 5.41) is 0. The fourth-order valence-electron chi connectivity index (χ4n) is 1.85. The molecule has 1 fully saturated rings. The van der Waals surface area contributed by atoms with Gasteiger partial charge in [0.2, 0.25) is 5.91 Å². The molecule has 1 amide bonds. The molecule has 0 radical (unpaired) electrons. The van der Waals surface area contributed by atoms with Gasteiger partial charge in [0.05, 0.1) is 13.5 Å². The SMILES string of the molecule is COC=O.O=C(Cc1ccccc1)N1CCCC1. The van der Waals surface area contributed by atoms with Crippen molar-refractivity contribution in [2.24, 2.45) is 0 Å². The predicted molar refractivity (Wildman–Crippen MR) is 69.0 cm³/mol. The molecule has 2 rings (SSSR count). The summed E-state index contributed by atoms with van der Waals surface area (Å²) < 4.78 is 3.86. The van der Waals surface area contributed by atoms with Gasteiger partial charge in [-0.2, -0.15) is 0 Å². The number of benzene rings is 1. The van der Waals surface area contributed by atoms with E-state index in [4.69, 9.17) is 4.79 Å². The molecule has 1 aromatic rings. The van der Waals surface area contributed by atoms with Gasteiger partial charge in [-0.05, 0) is 18.4 Å². The first-order chi connectivity index (χ1) is 8.77. The van der Waals surface area contributed by atoms with Crippen molar-refractivity contribution in [3.05, 3.63) is 35.9 Å². The van der Waals surface area contributed by atoms with Crippen LogP contribution in [0.2, 0.25) is 0 Å². The summed E-state index contributed by atoms with van der Waals surface area (Å²) in [4.78, 5) is 22.7. The second-order valence-electron chi connectivity index (χ2n) is 4.08. The fraction of sp³-hybridized carbons (Fsp3) is 0.429. The molecule has 98 valence electrons. The molecule has 0 aliphatic carbocycles. The van der Waals surface area contributed by atoms with Crippen LogP contribution in [0.5, 0.6) is 0 Å². The van der Waals surface area contributed by atoms with E-state index in [0.29, 0.717) is 12.9 Å². The number of likely N-dealkylation sites (tertiary alicyclic amines) is 1. The van der Waals surface area contributed by atoms with Gasteiger partial charge in [0.1, 0.15) is 0 Å². The third kappa shape index (κ3) is 4.99. The Morgan fingerprint density at radius 2 is 1.83 bits per heavy atom. The van der Waals surface area contributed by atoms with Crippen molar-refractivity contribution in [1.82, 2.24) is 4.90 Å². The van der Waals surface area contributed by atoms with Gasteiger partial charge in [-0.25, -0.2) is 0 Å². The molecule has 1 aromatic carbocycles. The van der Waals surface area contributed by atoms with E-state index in [1.165, 1.54) is 20.0 Å². The van der Waals surface area contributed by atoms with E-state index in [1.54, 1.807) is 0 Å². The largest absolute Gasteiger partial charge is 0.471 e. The fourth-order valence-corrected chi connectivity index (χ4v) is 1.85. The molecule has 18 heavy (non-hydrogen) atoms. The molecular weight excluding hydrogens is 230 g/mol. The number of ether oxygens (including phenoxy) is 1. The second kappa shape index (κ2) is 8.28. The third-order valence-corrected chi connectivity index (χ3v) is 2.75. The van der Waals surface area contributed by atoms with E-state index < -0.39 is 0 Å². The molecule has 4 nitrogen and oxygen atoms in total. The first kappa shape index (κ1) is 14.2. The average molecular weight is 249 g/mol. The Kier molecular flexibility index (Phi) is 6.54. The summed E-state index contributed by atoms with van der Waals surface area (Å²) in [6.07, 6.45) is 2.89. The van der Waals surface area contributed by atoms with Gasteiger partial charge in [0.25, 0.3) is 6.47 Å². The first-order valence-electron chi connectivity index (χ1n) is 6.06. The number of methoxy groups -OCH3 is 1. The Bertz CT molecular complexity index is 359. The lowest BCUT2D eigenvalue weighted by Crippen LogP contribution is -2.28. The Balaban J connectivity index is 0.000000357. The molecule has 0 N–H and O–H groups in total. The average Bonchev–Trinajstić information content (AvgIpc) is 2.94. The smallest absolute Gasteiger partial charge is 0.292 e. The van der Waals surface area contributed by atoms with Crippen molar-refractivity contribution in [1.29, 1.82) is 0 Å². The van der Waals surface area contributed by atoms with Crippen molar-refractivity contribution < 1.29 is 14.3 Å². The van der Waals surface area contributed by atoms with Crippen molar-refractivity contribution in [2.45, 2.75) is 19.3 Å². The second-order valence-corrected chi connectivity index (χ2v) is 4.08. The topological polar surface area (TPSA) is 46.6 Å². The monoisotopic (exact) mass is 249 g/mol. The third-order valence-electron chi connectivity index (χ3n) is 2.75.